The van der Waals surface area contributed by atoms with Crippen LogP contribution >= 0.6 is 11.6 Å². The summed E-state index contributed by atoms with van der Waals surface area (Å²) in [6, 6.07) is 1.78. The number of hydrogen-bond acceptors (Lipinski definition) is 2. The molecular weight excluding hydrogens is 210 g/mol. The molecular formula is C12H14ClNO. The number of aromatic nitrogens is 1. The summed E-state index contributed by atoms with van der Waals surface area (Å²) in [6.07, 6.45) is 6.19. The first-order chi connectivity index (χ1) is 7.19. The number of Topliss-reactive ketones (excluding diaryl/α,β-unsaturated/α-hetero) is 1. The summed E-state index contributed by atoms with van der Waals surface area (Å²) in [5, 5.41) is 0.553. The van der Waals surface area contributed by atoms with Crippen molar-refractivity contribution in [2.75, 3.05) is 0 Å². The zero-order valence-electron chi connectivity index (χ0n) is 8.96. The standard InChI is InChI=1S/C12H14ClNO/c1-3-9(4-2)12(15)7-10-5-6-14-8-11(10)13/h3,5-6,8H,4,7H2,1-2H3/b9-3-. The first-order valence-electron chi connectivity index (χ1n) is 4.95. The van der Waals surface area contributed by atoms with E-state index in [9.17, 15) is 4.79 Å². The topological polar surface area (TPSA) is 30.0 Å². The van der Waals surface area contributed by atoms with E-state index in [-0.39, 0.29) is 5.78 Å². The fourth-order valence-corrected chi connectivity index (χ4v) is 1.58. The van der Waals surface area contributed by atoms with Crippen LogP contribution in [0, 0.1) is 0 Å². The maximum atomic E-state index is 11.8. The third-order valence-corrected chi connectivity index (χ3v) is 2.64. The van der Waals surface area contributed by atoms with Gasteiger partial charge in [-0.05, 0) is 30.5 Å². The molecule has 0 saturated heterocycles. The Bertz CT molecular complexity index is 385. The highest BCUT2D eigenvalue weighted by Crippen LogP contribution is 2.16. The van der Waals surface area contributed by atoms with Crippen LogP contribution in [0.3, 0.4) is 0 Å². The largest absolute Gasteiger partial charge is 0.294 e. The molecule has 0 bridgehead atoms. The van der Waals surface area contributed by atoms with Crippen LogP contribution in [0.25, 0.3) is 0 Å². The van der Waals surface area contributed by atoms with Gasteiger partial charge in [-0.2, -0.15) is 0 Å². The number of halogens is 1. The van der Waals surface area contributed by atoms with Crippen molar-refractivity contribution in [1.29, 1.82) is 0 Å². The maximum absolute atomic E-state index is 11.8. The third-order valence-electron chi connectivity index (χ3n) is 2.29. The minimum absolute atomic E-state index is 0.133. The molecule has 0 fully saturated rings. The lowest BCUT2D eigenvalue weighted by atomic mass is 10.0. The smallest absolute Gasteiger partial charge is 0.162 e. The van der Waals surface area contributed by atoms with Gasteiger partial charge in [-0.15, -0.1) is 0 Å². The normalized spacial score (nSPS) is 11.5. The fraction of sp³-hybridized carbons (Fsp3) is 0.333. The van der Waals surface area contributed by atoms with Crippen LogP contribution in [0.2, 0.25) is 5.02 Å². The molecule has 0 aliphatic heterocycles. The van der Waals surface area contributed by atoms with Crippen LogP contribution < -0.4 is 0 Å². The molecule has 3 heteroatoms. The van der Waals surface area contributed by atoms with Crippen molar-refractivity contribution in [3.05, 3.63) is 40.7 Å². The van der Waals surface area contributed by atoms with E-state index in [0.717, 1.165) is 17.6 Å². The molecule has 0 spiro atoms. The minimum Gasteiger partial charge on any atom is -0.294 e. The quantitative estimate of drug-likeness (QED) is 0.734. The number of carbonyl (C=O) groups is 1. The van der Waals surface area contributed by atoms with E-state index in [2.05, 4.69) is 4.98 Å². The van der Waals surface area contributed by atoms with Crippen molar-refractivity contribution in [2.45, 2.75) is 26.7 Å². The summed E-state index contributed by atoms with van der Waals surface area (Å²) in [5.74, 6) is 0.133. The minimum atomic E-state index is 0.133. The summed E-state index contributed by atoms with van der Waals surface area (Å²) < 4.78 is 0. The molecule has 1 heterocycles. The molecule has 15 heavy (non-hydrogen) atoms. The molecule has 1 aromatic rings. The van der Waals surface area contributed by atoms with Crippen molar-refractivity contribution < 1.29 is 4.79 Å². The van der Waals surface area contributed by atoms with Gasteiger partial charge in [0.2, 0.25) is 0 Å². The third kappa shape index (κ3) is 3.17. The number of rotatable bonds is 4. The number of ketones is 1. The van der Waals surface area contributed by atoms with Crippen LogP contribution in [-0.4, -0.2) is 10.8 Å². The second-order valence-electron chi connectivity index (χ2n) is 3.23. The van der Waals surface area contributed by atoms with Crippen molar-refractivity contribution in [2.24, 2.45) is 0 Å². The van der Waals surface area contributed by atoms with Gasteiger partial charge in [-0.3, -0.25) is 9.78 Å². The lowest BCUT2D eigenvalue weighted by molar-refractivity contribution is -0.115. The first-order valence-corrected chi connectivity index (χ1v) is 5.33. The summed E-state index contributed by atoms with van der Waals surface area (Å²) in [7, 11) is 0. The number of pyridine rings is 1. The van der Waals surface area contributed by atoms with E-state index < -0.39 is 0 Å². The predicted molar refractivity (Wildman–Crippen MR) is 62.0 cm³/mol. The number of allylic oxidation sites excluding steroid dienone is 2. The van der Waals surface area contributed by atoms with Crippen molar-refractivity contribution >= 4 is 17.4 Å². The molecule has 0 atom stereocenters. The summed E-state index contributed by atoms with van der Waals surface area (Å²) >= 11 is 5.93. The van der Waals surface area contributed by atoms with E-state index in [4.69, 9.17) is 11.6 Å². The van der Waals surface area contributed by atoms with Crippen LogP contribution in [0.5, 0.6) is 0 Å². The van der Waals surface area contributed by atoms with Gasteiger partial charge >= 0.3 is 0 Å². The van der Waals surface area contributed by atoms with Gasteiger partial charge in [0.15, 0.2) is 5.78 Å². The van der Waals surface area contributed by atoms with E-state index in [1.807, 2.05) is 19.9 Å². The SMILES string of the molecule is C/C=C(/CC)C(=O)Cc1ccncc1Cl. The number of carbonyl (C=O) groups excluding carboxylic acids is 1. The van der Waals surface area contributed by atoms with Crippen LogP contribution in [0.4, 0.5) is 0 Å². The van der Waals surface area contributed by atoms with Crippen molar-refractivity contribution in [3.63, 3.8) is 0 Å². The average Bonchev–Trinajstić information content (AvgIpc) is 2.23. The van der Waals surface area contributed by atoms with E-state index in [1.54, 1.807) is 18.5 Å². The monoisotopic (exact) mass is 223 g/mol. The zero-order chi connectivity index (χ0) is 11.3. The number of hydrogen-bond donors (Lipinski definition) is 0. The molecule has 1 rings (SSSR count). The van der Waals surface area contributed by atoms with Crippen molar-refractivity contribution in [3.8, 4) is 0 Å². The zero-order valence-corrected chi connectivity index (χ0v) is 9.71. The Morgan fingerprint density at radius 2 is 2.33 bits per heavy atom. The molecule has 0 aliphatic rings. The van der Waals surface area contributed by atoms with Gasteiger partial charge < -0.3 is 0 Å². The number of nitrogens with zero attached hydrogens (tertiary/aromatic N) is 1. The van der Waals surface area contributed by atoms with Gasteiger partial charge in [0, 0.05) is 18.8 Å². The summed E-state index contributed by atoms with van der Waals surface area (Å²) in [5.41, 5.74) is 1.69. The molecule has 0 N–H and O–H groups in total. The van der Waals surface area contributed by atoms with Crippen LogP contribution in [-0.2, 0) is 11.2 Å². The van der Waals surface area contributed by atoms with Gasteiger partial charge in [0.05, 0.1) is 5.02 Å². The predicted octanol–water partition coefficient (Wildman–Crippen LogP) is 3.20. The van der Waals surface area contributed by atoms with Gasteiger partial charge in [0.1, 0.15) is 0 Å². The highest BCUT2D eigenvalue weighted by atomic mass is 35.5. The second-order valence-corrected chi connectivity index (χ2v) is 3.64. The average molecular weight is 224 g/mol. The molecule has 0 saturated carbocycles. The lowest BCUT2D eigenvalue weighted by Gasteiger charge is -2.04. The Morgan fingerprint density at radius 1 is 1.60 bits per heavy atom. The Morgan fingerprint density at radius 3 is 2.87 bits per heavy atom. The molecule has 0 aromatic carbocycles. The molecule has 0 radical (unpaired) electrons. The summed E-state index contributed by atoms with van der Waals surface area (Å²) in [6.45, 7) is 3.85. The highest BCUT2D eigenvalue weighted by Gasteiger charge is 2.09. The summed E-state index contributed by atoms with van der Waals surface area (Å²) in [4.78, 5) is 15.7. The maximum Gasteiger partial charge on any atom is 0.162 e. The molecule has 1 aromatic heterocycles. The van der Waals surface area contributed by atoms with Crippen LogP contribution in [0.1, 0.15) is 25.8 Å². The van der Waals surface area contributed by atoms with E-state index in [0.29, 0.717) is 11.4 Å². The van der Waals surface area contributed by atoms with Gasteiger partial charge in [0.25, 0.3) is 0 Å². The Kier molecular flexibility index (Phi) is 4.50. The van der Waals surface area contributed by atoms with Gasteiger partial charge in [-0.1, -0.05) is 24.6 Å². The van der Waals surface area contributed by atoms with Crippen LogP contribution in [0.15, 0.2) is 30.1 Å². The van der Waals surface area contributed by atoms with E-state index >= 15 is 0 Å². The molecule has 0 unspecified atom stereocenters. The fourth-order valence-electron chi connectivity index (χ4n) is 1.40. The molecule has 80 valence electrons. The van der Waals surface area contributed by atoms with Crippen molar-refractivity contribution in [1.82, 2.24) is 4.98 Å². The highest BCUT2D eigenvalue weighted by molar-refractivity contribution is 6.31. The van der Waals surface area contributed by atoms with E-state index in [1.165, 1.54) is 0 Å². The molecule has 0 aliphatic carbocycles. The Labute approximate surface area is 95.0 Å². The Hall–Kier alpha value is -1.15. The lowest BCUT2D eigenvalue weighted by Crippen LogP contribution is -2.06. The van der Waals surface area contributed by atoms with Gasteiger partial charge in [-0.25, -0.2) is 0 Å². The molecule has 0 amide bonds. The Balaban J connectivity index is 2.79. The first kappa shape index (κ1) is 11.9. The molecule has 2 nitrogen and oxygen atoms in total. The second kappa shape index (κ2) is 5.66.